The molecule has 0 spiro atoms. The van der Waals surface area contributed by atoms with E-state index in [2.05, 4.69) is 5.10 Å². The molecular weight excluding hydrogens is 321 g/mol. The van der Waals surface area contributed by atoms with Crippen LogP contribution in [0.1, 0.15) is 22.6 Å². The van der Waals surface area contributed by atoms with Gasteiger partial charge in [-0.15, -0.1) is 0 Å². The first-order valence-electron chi connectivity index (χ1n) is 7.53. The molecule has 2 heterocycles. The van der Waals surface area contributed by atoms with E-state index in [4.69, 9.17) is 9.68 Å². The number of furan rings is 1. The Hall–Kier alpha value is -3.46. The van der Waals surface area contributed by atoms with Gasteiger partial charge >= 0.3 is 0 Å². The molecule has 25 heavy (non-hydrogen) atoms. The third kappa shape index (κ3) is 3.26. The second-order valence-electron chi connectivity index (χ2n) is 5.53. The van der Waals surface area contributed by atoms with Gasteiger partial charge in [0.15, 0.2) is 0 Å². The minimum absolute atomic E-state index is 0.0641. The molecular formula is C19H14FN3O2. The molecule has 6 heteroatoms. The quantitative estimate of drug-likeness (QED) is 0.686. The maximum atomic E-state index is 13.0. The average molecular weight is 335 g/mol. The lowest BCUT2D eigenvalue weighted by atomic mass is 10.1. The molecule has 3 aromatic rings. The van der Waals surface area contributed by atoms with E-state index in [1.165, 1.54) is 18.3 Å². The highest BCUT2D eigenvalue weighted by Gasteiger charge is 2.09. The Morgan fingerprint density at radius 2 is 1.92 bits per heavy atom. The lowest BCUT2D eigenvalue weighted by Gasteiger charge is -2.05. The summed E-state index contributed by atoms with van der Waals surface area (Å²) in [5.74, 6) is 0.677. The van der Waals surface area contributed by atoms with Crippen LogP contribution >= 0.6 is 0 Å². The number of benzene rings is 1. The molecule has 0 unspecified atom stereocenters. The number of nitrogens with zero attached hydrogens (tertiary/aromatic N) is 3. The number of nitriles is 1. The monoisotopic (exact) mass is 335 g/mol. The maximum Gasteiger partial charge on any atom is 0.289 e. The van der Waals surface area contributed by atoms with Crippen molar-refractivity contribution in [2.24, 2.45) is 5.10 Å². The summed E-state index contributed by atoms with van der Waals surface area (Å²) in [6.07, 6.45) is 1.40. The molecule has 0 amide bonds. The second kappa shape index (κ2) is 6.57. The molecule has 0 fully saturated rings. The molecule has 124 valence electrons. The molecule has 5 nitrogen and oxygen atoms in total. The van der Waals surface area contributed by atoms with Gasteiger partial charge in [-0.25, -0.2) is 9.07 Å². The summed E-state index contributed by atoms with van der Waals surface area (Å²) in [5.41, 5.74) is 1.56. The predicted molar refractivity (Wildman–Crippen MR) is 92.0 cm³/mol. The number of rotatable bonds is 3. The van der Waals surface area contributed by atoms with Crippen LogP contribution in [0.25, 0.3) is 11.3 Å². The Bertz CT molecular complexity index is 1050. The molecule has 0 saturated heterocycles. The highest BCUT2D eigenvalue weighted by atomic mass is 19.1. The molecule has 1 aromatic carbocycles. The lowest BCUT2D eigenvalue weighted by Crippen LogP contribution is -2.22. The third-order valence-corrected chi connectivity index (χ3v) is 3.73. The molecule has 2 aromatic heterocycles. The van der Waals surface area contributed by atoms with Crippen molar-refractivity contribution in [3.63, 3.8) is 0 Å². The van der Waals surface area contributed by atoms with Crippen LogP contribution in [0.3, 0.4) is 0 Å². The standard InChI is InChI=1S/C19H14FN3O2/c1-12-9-13(2)23(19(24)17(12)10-21)22-11-16-7-8-18(25-16)14-3-5-15(20)6-4-14/h3-9,11H,1-2H3/b22-11+. The van der Waals surface area contributed by atoms with E-state index in [0.717, 1.165) is 10.2 Å². The summed E-state index contributed by atoms with van der Waals surface area (Å²) in [7, 11) is 0. The Morgan fingerprint density at radius 1 is 1.20 bits per heavy atom. The van der Waals surface area contributed by atoms with Crippen molar-refractivity contribution >= 4 is 6.21 Å². The van der Waals surface area contributed by atoms with Gasteiger partial charge in [0.05, 0.1) is 6.21 Å². The number of hydrogen-bond acceptors (Lipinski definition) is 4. The molecule has 0 atom stereocenters. The highest BCUT2D eigenvalue weighted by Crippen LogP contribution is 2.21. The zero-order valence-electron chi connectivity index (χ0n) is 13.7. The van der Waals surface area contributed by atoms with E-state index < -0.39 is 5.56 Å². The van der Waals surface area contributed by atoms with Gasteiger partial charge in [-0.05, 0) is 61.9 Å². The first-order valence-corrected chi connectivity index (χ1v) is 7.53. The normalized spacial score (nSPS) is 11.0. The zero-order valence-corrected chi connectivity index (χ0v) is 13.7. The van der Waals surface area contributed by atoms with Crippen LogP contribution in [-0.2, 0) is 0 Å². The van der Waals surface area contributed by atoms with E-state index >= 15 is 0 Å². The SMILES string of the molecule is Cc1cc(C)n(/N=C/c2ccc(-c3ccc(F)cc3)o2)c(=O)c1C#N. The van der Waals surface area contributed by atoms with Gasteiger partial charge in [0.1, 0.15) is 29.0 Å². The number of halogens is 1. The van der Waals surface area contributed by atoms with Gasteiger partial charge in [0, 0.05) is 11.3 Å². The smallest absolute Gasteiger partial charge is 0.289 e. The number of pyridine rings is 1. The molecule has 0 radical (unpaired) electrons. The van der Waals surface area contributed by atoms with Crippen LogP contribution in [0.15, 0.2) is 56.8 Å². The summed E-state index contributed by atoms with van der Waals surface area (Å²) in [5, 5.41) is 13.2. The van der Waals surface area contributed by atoms with Gasteiger partial charge in [-0.2, -0.15) is 10.4 Å². The van der Waals surface area contributed by atoms with Crippen molar-refractivity contribution in [3.8, 4) is 17.4 Å². The Balaban J connectivity index is 1.93. The van der Waals surface area contributed by atoms with Gasteiger partial charge < -0.3 is 4.42 Å². The molecule has 3 rings (SSSR count). The molecule has 0 aliphatic heterocycles. The summed E-state index contributed by atoms with van der Waals surface area (Å²) in [6.45, 7) is 3.45. The fourth-order valence-corrected chi connectivity index (χ4v) is 2.47. The van der Waals surface area contributed by atoms with E-state index in [1.54, 1.807) is 44.2 Å². The zero-order chi connectivity index (χ0) is 18.0. The van der Waals surface area contributed by atoms with Crippen LogP contribution in [-0.4, -0.2) is 10.9 Å². The van der Waals surface area contributed by atoms with Crippen molar-refractivity contribution in [3.05, 3.63) is 81.2 Å². The molecule has 0 N–H and O–H groups in total. The summed E-state index contributed by atoms with van der Waals surface area (Å²) in [4.78, 5) is 12.3. The summed E-state index contributed by atoms with van der Waals surface area (Å²) < 4.78 is 19.8. The Labute approximate surface area is 143 Å². The van der Waals surface area contributed by atoms with Gasteiger partial charge in [0.25, 0.3) is 5.56 Å². The minimum atomic E-state index is -0.471. The first-order chi connectivity index (χ1) is 12.0. The summed E-state index contributed by atoms with van der Waals surface area (Å²) in [6, 6.07) is 13.0. The Morgan fingerprint density at radius 3 is 2.60 bits per heavy atom. The summed E-state index contributed by atoms with van der Waals surface area (Å²) >= 11 is 0. The van der Waals surface area contributed by atoms with Crippen molar-refractivity contribution in [1.29, 1.82) is 5.26 Å². The molecule has 0 bridgehead atoms. The van der Waals surface area contributed by atoms with Gasteiger partial charge in [0.2, 0.25) is 0 Å². The van der Waals surface area contributed by atoms with Crippen LogP contribution in [0.2, 0.25) is 0 Å². The fourth-order valence-electron chi connectivity index (χ4n) is 2.47. The third-order valence-electron chi connectivity index (χ3n) is 3.73. The number of hydrogen-bond donors (Lipinski definition) is 0. The molecule has 0 aliphatic rings. The fraction of sp³-hybridized carbons (Fsp3) is 0.105. The second-order valence-corrected chi connectivity index (χ2v) is 5.53. The van der Waals surface area contributed by atoms with Crippen molar-refractivity contribution in [2.45, 2.75) is 13.8 Å². The first kappa shape index (κ1) is 16.4. The predicted octanol–water partition coefficient (Wildman–Crippen LogP) is 3.62. The van der Waals surface area contributed by atoms with Crippen molar-refractivity contribution in [1.82, 2.24) is 4.68 Å². The Kier molecular flexibility index (Phi) is 4.31. The van der Waals surface area contributed by atoms with Crippen LogP contribution in [0.4, 0.5) is 4.39 Å². The number of aromatic nitrogens is 1. The van der Waals surface area contributed by atoms with Crippen molar-refractivity contribution in [2.75, 3.05) is 0 Å². The van der Waals surface area contributed by atoms with E-state index in [-0.39, 0.29) is 11.4 Å². The van der Waals surface area contributed by atoms with E-state index in [9.17, 15) is 9.18 Å². The lowest BCUT2D eigenvalue weighted by molar-refractivity contribution is 0.573. The molecule has 0 aliphatic carbocycles. The van der Waals surface area contributed by atoms with E-state index in [1.807, 2.05) is 6.07 Å². The van der Waals surface area contributed by atoms with Crippen LogP contribution < -0.4 is 5.56 Å². The van der Waals surface area contributed by atoms with E-state index in [0.29, 0.717) is 22.8 Å². The van der Waals surface area contributed by atoms with Crippen LogP contribution in [0, 0.1) is 31.0 Å². The number of aryl methyl sites for hydroxylation is 2. The molecule has 0 saturated carbocycles. The highest BCUT2D eigenvalue weighted by molar-refractivity contribution is 5.77. The largest absolute Gasteiger partial charge is 0.455 e. The average Bonchev–Trinajstić information content (AvgIpc) is 3.04. The maximum absolute atomic E-state index is 13.0. The van der Waals surface area contributed by atoms with Gasteiger partial charge in [-0.1, -0.05) is 0 Å². The van der Waals surface area contributed by atoms with Crippen molar-refractivity contribution < 1.29 is 8.81 Å². The topological polar surface area (TPSA) is 71.3 Å². The minimum Gasteiger partial charge on any atom is -0.455 e. The van der Waals surface area contributed by atoms with Crippen LogP contribution in [0.5, 0.6) is 0 Å². The van der Waals surface area contributed by atoms with Gasteiger partial charge in [-0.3, -0.25) is 4.79 Å².